The summed E-state index contributed by atoms with van der Waals surface area (Å²) in [6, 6.07) is 16.7. The second-order valence-electron chi connectivity index (χ2n) is 15.5. The van der Waals surface area contributed by atoms with E-state index in [-0.39, 0.29) is 54.8 Å². The van der Waals surface area contributed by atoms with E-state index in [2.05, 4.69) is 31.5 Å². The number of unbranched alkanes of at least 4 members (excludes halogenated alkanes) is 1. The number of benzene rings is 2. The zero-order valence-corrected chi connectivity index (χ0v) is 38.9. The summed E-state index contributed by atoms with van der Waals surface area (Å²) in [5.41, 5.74) is 3.23. The monoisotopic (exact) mass is 964 g/mol. The number of nitrogens with one attached hydrogen (secondary N) is 4. The third-order valence-corrected chi connectivity index (χ3v) is 12.4. The van der Waals surface area contributed by atoms with Gasteiger partial charge in [-0.2, -0.15) is 31.1 Å². The summed E-state index contributed by atoms with van der Waals surface area (Å²) < 4.78 is 42.7. The van der Waals surface area contributed by atoms with Crippen molar-refractivity contribution < 1.29 is 50.8 Å². The Kier molecular flexibility index (Phi) is 17.5. The molecule has 4 amide bonds. The zero-order chi connectivity index (χ0) is 47.2. The van der Waals surface area contributed by atoms with E-state index in [4.69, 9.17) is 25.0 Å². The van der Waals surface area contributed by atoms with Crippen LogP contribution in [0.3, 0.4) is 0 Å². The molecule has 2 aromatic heterocycles. The standard InChI is InChI=1S/C27H35N5O5S.C17H17N3O6S2/c1-2-3-15-36-24(33)8-10-30-11-13-31(14-12-30)17-23-18-32(27(35)37-23)22-6-4-20(5-7-22)25(28)29-26(34)21-9-16-38-19-21;1-28(23,24)25-9-14-8-20(17(22)26-14)13-4-2-11(3-5-13)15(18)19-16(21)12-6-7-27-10-12/h4-7,9,16,19,23H,2-3,8,10-15,17-18H2,1H3,(H2,28,29,34);2-7,10,14H,8-9H2,1H3,(H2,18,19,21). The summed E-state index contributed by atoms with van der Waals surface area (Å²) in [7, 11) is -3.62. The Morgan fingerprint density at radius 1 is 0.727 bits per heavy atom. The van der Waals surface area contributed by atoms with Gasteiger partial charge in [0, 0.05) is 72.5 Å². The predicted molar refractivity (Wildman–Crippen MR) is 250 cm³/mol. The van der Waals surface area contributed by atoms with Crippen LogP contribution in [0.15, 0.2) is 82.2 Å². The van der Waals surface area contributed by atoms with Crippen LogP contribution in [-0.2, 0) is 33.3 Å². The average molecular weight is 965 g/mol. The van der Waals surface area contributed by atoms with Crippen molar-refractivity contribution in [2.45, 2.75) is 38.4 Å². The number of cyclic esters (lactones) is 2. The first-order chi connectivity index (χ1) is 31.6. The van der Waals surface area contributed by atoms with Gasteiger partial charge in [-0.1, -0.05) is 13.3 Å². The van der Waals surface area contributed by atoms with E-state index < -0.39 is 22.3 Å². The molecule has 0 spiro atoms. The molecule has 0 saturated carbocycles. The van der Waals surface area contributed by atoms with Gasteiger partial charge in [-0.3, -0.25) is 44.1 Å². The van der Waals surface area contributed by atoms with Crippen LogP contribution >= 0.6 is 22.7 Å². The molecule has 5 heterocycles. The van der Waals surface area contributed by atoms with E-state index >= 15 is 0 Å². The first-order valence-electron chi connectivity index (χ1n) is 21.1. The van der Waals surface area contributed by atoms with Gasteiger partial charge in [0.05, 0.1) is 43.5 Å². The second kappa shape index (κ2) is 23.4. The van der Waals surface area contributed by atoms with Crippen molar-refractivity contribution >= 4 is 85.8 Å². The van der Waals surface area contributed by atoms with Crippen LogP contribution in [0.4, 0.5) is 21.0 Å². The molecule has 352 valence electrons. The Morgan fingerprint density at radius 2 is 1.21 bits per heavy atom. The van der Waals surface area contributed by atoms with Crippen LogP contribution in [0.5, 0.6) is 0 Å². The minimum Gasteiger partial charge on any atom is -0.466 e. The Labute approximate surface area is 390 Å². The number of rotatable bonds is 17. The number of ether oxygens (including phenoxy) is 3. The van der Waals surface area contributed by atoms with Gasteiger partial charge in [-0.05, 0) is 77.8 Å². The molecule has 0 radical (unpaired) electrons. The SMILES string of the molecule is CCCCOC(=O)CCN1CCN(CC2CN(c3ccc(C(=N)NC(=O)c4ccsc4)cc3)C(=O)O2)CC1.CS(=O)(=O)OCC1CN(c2ccc(C(=N)NC(=O)c3ccsc3)cc2)C(=O)O1. The summed E-state index contributed by atoms with van der Waals surface area (Å²) in [5.74, 6) is -0.885. The third kappa shape index (κ3) is 14.5. The highest BCUT2D eigenvalue weighted by atomic mass is 32.2. The Morgan fingerprint density at radius 3 is 1.68 bits per heavy atom. The minimum atomic E-state index is -3.62. The van der Waals surface area contributed by atoms with Gasteiger partial charge in [0.25, 0.3) is 21.9 Å². The van der Waals surface area contributed by atoms with Gasteiger partial charge >= 0.3 is 18.2 Å². The molecular formula is C44H52N8O11S3. The van der Waals surface area contributed by atoms with E-state index in [1.165, 1.54) is 27.6 Å². The first kappa shape index (κ1) is 49.4. The van der Waals surface area contributed by atoms with Gasteiger partial charge < -0.3 is 29.7 Å². The van der Waals surface area contributed by atoms with E-state index in [0.29, 0.717) is 66.3 Å². The lowest BCUT2D eigenvalue weighted by atomic mass is 10.1. The Bertz CT molecular complexity index is 2430. The Balaban J connectivity index is 0.000000229. The topological polar surface area (TPSA) is 241 Å². The predicted octanol–water partition coefficient (Wildman–Crippen LogP) is 4.98. The fourth-order valence-electron chi connectivity index (χ4n) is 6.90. The van der Waals surface area contributed by atoms with Gasteiger partial charge in [0.1, 0.15) is 30.5 Å². The van der Waals surface area contributed by atoms with Crippen LogP contribution in [0.25, 0.3) is 0 Å². The number of hydrogen-bond donors (Lipinski definition) is 4. The number of esters is 1. The summed E-state index contributed by atoms with van der Waals surface area (Å²) in [6.45, 7) is 7.71. The van der Waals surface area contributed by atoms with Crippen molar-refractivity contribution in [3.05, 3.63) is 104 Å². The molecule has 2 atom stereocenters. The fourth-order valence-corrected chi connectivity index (χ4v) is 8.57. The smallest absolute Gasteiger partial charge is 0.414 e. The fraction of sp³-hybridized carbons (Fsp3) is 0.386. The number of amides is 4. The Hall–Kier alpha value is -6.04. The number of anilines is 2. The molecular weight excluding hydrogens is 913 g/mol. The van der Waals surface area contributed by atoms with Crippen molar-refractivity contribution in [2.24, 2.45) is 0 Å². The average Bonchev–Trinajstić information content (AvgIpc) is 4.15. The zero-order valence-electron chi connectivity index (χ0n) is 36.4. The number of carbonyl (C=O) groups is 5. The van der Waals surface area contributed by atoms with Crippen molar-refractivity contribution in [1.82, 2.24) is 20.4 Å². The lowest BCUT2D eigenvalue weighted by Gasteiger charge is -2.35. The molecule has 2 unspecified atom stereocenters. The minimum absolute atomic E-state index is 0.00199. The molecule has 22 heteroatoms. The molecule has 19 nitrogen and oxygen atoms in total. The molecule has 3 saturated heterocycles. The number of hydrogen-bond acceptors (Lipinski definition) is 17. The molecule has 3 aliphatic heterocycles. The lowest BCUT2D eigenvalue weighted by Crippen LogP contribution is -2.49. The van der Waals surface area contributed by atoms with Crippen molar-refractivity contribution in [2.75, 3.05) is 81.6 Å². The van der Waals surface area contributed by atoms with E-state index in [1.807, 2.05) is 5.38 Å². The van der Waals surface area contributed by atoms with E-state index in [9.17, 15) is 32.4 Å². The van der Waals surface area contributed by atoms with Gasteiger partial charge in [-0.15, -0.1) is 0 Å². The molecule has 7 rings (SSSR count). The van der Waals surface area contributed by atoms with E-state index in [0.717, 1.165) is 45.3 Å². The highest BCUT2D eigenvalue weighted by Crippen LogP contribution is 2.25. The molecule has 66 heavy (non-hydrogen) atoms. The highest BCUT2D eigenvalue weighted by molar-refractivity contribution is 7.86. The summed E-state index contributed by atoms with van der Waals surface area (Å²) >= 11 is 2.81. The molecule has 3 aliphatic rings. The highest BCUT2D eigenvalue weighted by Gasteiger charge is 2.35. The first-order valence-corrected chi connectivity index (χ1v) is 24.8. The number of carbonyl (C=O) groups excluding carboxylic acids is 5. The quantitative estimate of drug-likeness (QED) is 0.0273. The number of amidine groups is 2. The molecule has 3 fully saturated rings. The number of thiophene rings is 2. The molecule has 4 aromatic rings. The third-order valence-electron chi connectivity index (χ3n) is 10.5. The van der Waals surface area contributed by atoms with Crippen LogP contribution < -0.4 is 20.4 Å². The van der Waals surface area contributed by atoms with Crippen molar-refractivity contribution in [3.63, 3.8) is 0 Å². The van der Waals surface area contributed by atoms with E-state index in [1.54, 1.807) is 81.7 Å². The number of nitrogens with zero attached hydrogens (tertiary/aromatic N) is 4. The second-order valence-corrected chi connectivity index (χ2v) is 18.7. The van der Waals surface area contributed by atoms with Gasteiger partial charge in [-0.25, -0.2) is 9.59 Å². The number of piperazine rings is 1. The molecule has 2 aromatic carbocycles. The summed E-state index contributed by atoms with van der Waals surface area (Å²) in [5, 5.41) is 28.3. The van der Waals surface area contributed by atoms with Crippen molar-refractivity contribution in [1.29, 1.82) is 10.8 Å². The van der Waals surface area contributed by atoms with Crippen LogP contribution in [0.2, 0.25) is 0 Å². The van der Waals surface area contributed by atoms with Gasteiger partial charge in [0.15, 0.2) is 0 Å². The van der Waals surface area contributed by atoms with Crippen LogP contribution in [-0.4, -0.2) is 144 Å². The normalized spacial score (nSPS) is 17.6. The maximum Gasteiger partial charge on any atom is 0.414 e. The van der Waals surface area contributed by atoms with Gasteiger partial charge in [0.2, 0.25) is 0 Å². The summed E-state index contributed by atoms with van der Waals surface area (Å²) in [6.07, 6.45) is 1.32. The van der Waals surface area contributed by atoms with Crippen LogP contribution in [0, 0.1) is 10.8 Å². The maximum atomic E-state index is 12.6. The lowest BCUT2D eigenvalue weighted by molar-refractivity contribution is -0.144. The maximum absolute atomic E-state index is 12.6. The van der Waals surface area contributed by atoms with Crippen molar-refractivity contribution in [3.8, 4) is 0 Å². The largest absolute Gasteiger partial charge is 0.466 e. The molecule has 0 bridgehead atoms. The molecule has 0 aliphatic carbocycles. The summed E-state index contributed by atoms with van der Waals surface area (Å²) in [4.78, 5) is 68.1. The van der Waals surface area contributed by atoms with Crippen LogP contribution in [0.1, 0.15) is 58.0 Å². The molecule has 4 N–H and O–H groups in total.